The molecule has 0 bridgehead atoms. The summed E-state index contributed by atoms with van der Waals surface area (Å²) < 4.78 is 76.7. The average molecular weight is 609 g/mol. The molecule has 1 radical (unpaired) electrons. The van der Waals surface area contributed by atoms with Gasteiger partial charge in [0.2, 0.25) is 0 Å². The Bertz CT molecular complexity index is 1060. The van der Waals surface area contributed by atoms with E-state index in [4.69, 9.17) is 0 Å². The molecule has 0 unspecified atom stereocenters. The predicted octanol–water partition coefficient (Wildman–Crippen LogP) is 5.93. The number of pyridine rings is 2. The second-order valence-electron chi connectivity index (χ2n) is 5.80. The van der Waals surface area contributed by atoms with Crippen LogP contribution in [0.1, 0.15) is 0 Å². The topological polar surface area (TPSA) is 25.8 Å². The van der Waals surface area contributed by atoms with Gasteiger partial charge in [0.15, 0.2) is 0 Å². The molecule has 0 fully saturated rings. The molecule has 31 heavy (non-hydrogen) atoms. The maximum atomic E-state index is 13.2. The number of rotatable bonds is 2. The Morgan fingerprint density at radius 3 is 1.23 bits per heavy atom. The van der Waals surface area contributed by atoms with Crippen molar-refractivity contribution in [3.05, 3.63) is 108 Å². The van der Waals surface area contributed by atoms with E-state index in [1.807, 2.05) is 0 Å². The van der Waals surface area contributed by atoms with E-state index in [0.717, 1.165) is 48.8 Å². The summed E-state index contributed by atoms with van der Waals surface area (Å²) in [4.78, 5) is 7.34. The number of aromatic nitrogens is 2. The third-order valence-electron chi connectivity index (χ3n) is 3.68. The number of benzene rings is 2. The normalized spacial score (nSPS) is 10.0. The van der Waals surface area contributed by atoms with Crippen molar-refractivity contribution in [1.29, 1.82) is 0 Å². The van der Waals surface area contributed by atoms with Gasteiger partial charge in [-0.3, -0.25) is 17.6 Å². The largest absolute Gasteiger partial charge is 0.302 e. The van der Waals surface area contributed by atoms with Crippen LogP contribution in [0.2, 0.25) is 0 Å². The van der Waals surface area contributed by atoms with E-state index in [0.29, 0.717) is 0 Å². The third-order valence-corrected chi connectivity index (χ3v) is 3.68. The molecule has 0 saturated heterocycles. The van der Waals surface area contributed by atoms with Crippen LogP contribution in [-0.4, -0.2) is 9.97 Å². The fourth-order valence-corrected chi connectivity index (χ4v) is 2.33. The molecular formula is C22H10F6IrN2-2. The zero-order valence-corrected chi connectivity index (χ0v) is 17.7. The first kappa shape index (κ1) is 24.2. The summed E-state index contributed by atoms with van der Waals surface area (Å²) in [5.74, 6) is -3.98. The van der Waals surface area contributed by atoms with Gasteiger partial charge in [-0.2, -0.15) is 0 Å². The summed E-state index contributed by atoms with van der Waals surface area (Å²) in [5, 5.41) is 0. The van der Waals surface area contributed by atoms with Crippen LogP contribution in [0.25, 0.3) is 22.5 Å². The van der Waals surface area contributed by atoms with Gasteiger partial charge in [-0.1, -0.05) is 35.4 Å². The van der Waals surface area contributed by atoms with Crippen LogP contribution in [-0.2, 0) is 20.1 Å². The minimum Gasteiger partial charge on any atom is -0.302 e. The van der Waals surface area contributed by atoms with Gasteiger partial charge in [0.05, 0.1) is 12.4 Å². The van der Waals surface area contributed by atoms with Crippen molar-refractivity contribution < 1.29 is 46.4 Å². The van der Waals surface area contributed by atoms with E-state index in [2.05, 4.69) is 22.1 Å². The van der Waals surface area contributed by atoms with Gasteiger partial charge in [-0.05, 0) is 23.5 Å². The van der Waals surface area contributed by atoms with E-state index >= 15 is 0 Å². The molecule has 0 amide bonds. The number of hydrogen-bond donors (Lipinski definition) is 0. The zero-order chi connectivity index (χ0) is 21.7. The molecule has 2 heterocycles. The first-order valence-corrected chi connectivity index (χ1v) is 8.31. The van der Waals surface area contributed by atoms with E-state index in [-0.39, 0.29) is 42.6 Å². The van der Waals surface area contributed by atoms with Crippen molar-refractivity contribution >= 4 is 0 Å². The minimum atomic E-state index is -0.769. The molecule has 4 aromatic rings. The summed E-state index contributed by atoms with van der Waals surface area (Å²) in [6.45, 7) is 0. The molecule has 2 nitrogen and oxygen atoms in total. The molecule has 0 atom stereocenters. The van der Waals surface area contributed by atoms with E-state index in [1.165, 1.54) is 12.1 Å². The SMILES string of the molecule is Fc1ccc(-c2[c-]cc(F)cc2F)nc1.Fc1ccc(-c2[c-]cc(F)cc2F)nc1.[Ir]. The van der Waals surface area contributed by atoms with E-state index in [1.54, 1.807) is 0 Å². The summed E-state index contributed by atoms with van der Waals surface area (Å²) in [6.07, 6.45) is 1.93. The summed E-state index contributed by atoms with van der Waals surface area (Å²) in [6, 6.07) is 13.2. The smallest absolute Gasteiger partial charge is 0.139 e. The molecular weight excluding hydrogens is 598 g/mol. The molecule has 0 spiro atoms. The zero-order valence-electron chi connectivity index (χ0n) is 15.3. The Balaban J connectivity index is 0.000000213. The number of halogens is 6. The average Bonchev–Trinajstić information content (AvgIpc) is 2.70. The molecule has 161 valence electrons. The number of hydrogen-bond acceptors (Lipinski definition) is 2. The van der Waals surface area contributed by atoms with Crippen molar-refractivity contribution in [1.82, 2.24) is 9.97 Å². The first-order chi connectivity index (χ1) is 14.3. The molecule has 4 rings (SSSR count). The Labute approximate surface area is 187 Å². The van der Waals surface area contributed by atoms with Gasteiger partial charge in [0.1, 0.15) is 11.6 Å². The van der Waals surface area contributed by atoms with Crippen LogP contribution in [0.5, 0.6) is 0 Å². The van der Waals surface area contributed by atoms with Crippen LogP contribution in [0.4, 0.5) is 26.3 Å². The summed E-state index contributed by atoms with van der Waals surface area (Å²) >= 11 is 0. The fourth-order valence-electron chi connectivity index (χ4n) is 2.33. The Morgan fingerprint density at radius 1 is 0.548 bits per heavy atom. The monoisotopic (exact) mass is 609 g/mol. The van der Waals surface area contributed by atoms with Crippen LogP contribution < -0.4 is 0 Å². The van der Waals surface area contributed by atoms with Crippen molar-refractivity contribution in [2.45, 2.75) is 0 Å². The van der Waals surface area contributed by atoms with Crippen LogP contribution >= 0.6 is 0 Å². The van der Waals surface area contributed by atoms with Gasteiger partial charge < -0.3 is 9.97 Å². The molecule has 0 N–H and O–H groups in total. The van der Waals surface area contributed by atoms with Gasteiger partial charge in [0.25, 0.3) is 0 Å². The van der Waals surface area contributed by atoms with Gasteiger partial charge >= 0.3 is 0 Å². The van der Waals surface area contributed by atoms with Crippen molar-refractivity contribution in [3.8, 4) is 22.5 Å². The van der Waals surface area contributed by atoms with E-state index in [9.17, 15) is 26.3 Å². The molecule has 2 aromatic carbocycles. The Hall–Kier alpha value is -3.03. The molecule has 2 aromatic heterocycles. The van der Waals surface area contributed by atoms with Crippen LogP contribution in [0.15, 0.2) is 60.9 Å². The van der Waals surface area contributed by atoms with Crippen molar-refractivity contribution in [2.24, 2.45) is 0 Å². The maximum absolute atomic E-state index is 13.2. The quantitative estimate of drug-likeness (QED) is 0.208. The predicted molar refractivity (Wildman–Crippen MR) is 96.8 cm³/mol. The fraction of sp³-hybridized carbons (Fsp3) is 0. The molecule has 0 aliphatic carbocycles. The second-order valence-corrected chi connectivity index (χ2v) is 5.80. The van der Waals surface area contributed by atoms with Gasteiger partial charge in [-0.25, -0.2) is 8.78 Å². The maximum Gasteiger partial charge on any atom is 0.139 e. The minimum absolute atomic E-state index is 0. The molecule has 0 aliphatic rings. The molecule has 0 saturated carbocycles. The Morgan fingerprint density at radius 2 is 0.935 bits per heavy atom. The third kappa shape index (κ3) is 6.47. The summed E-state index contributed by atoms with van der Waals surface area (Å²) in [5.41, 5.74) is 0.482. The molecule has 0 aliphatic heterocycles. The van der Waals surface area contributed by atoms with E-state index < -0.39 is 34.9 Å². The number of nitrogens with zero attached hydrogens (tertiary/aromatic N) is 2. The Kier molecular flexibility index (Phi) is 8.47. The van der Waals surface area contributed by atoms with Gasteiger partial charge in [0, 0.05) is 43.4 Å². The van der Waals surface area contributed by atoms with Crippen LogP contribution in [0, 0.1) is 47.0 Å². The standard InChI is InChI=1S/2C11H5F3N.Ir/c2*12-7-1-3-9(10(14)5-7)11-4-2-8(13)6-15-11;/h2*1-2,4-6H;/q2*-1;. The van der Waals surface area contributed by atoms with Crippen molar-refractivity contribution in [2.75, 3.05) is 0 Å². The van der Waals surface area contributed by atoms with Crippen LogP contribution in [0.3, 0.4) is 0 Å². The second kappa shape index (κ2) is 10.8. The van der Waals surface area contributed by atoms with Crippen molar-refractivity contribution in [3.63, 3.8) is 0 Å². The summed E-state index contributed by atoms with van der Waals surface area (Å²) in [7, 11) is 0. The van der Waals surface area contributed by atoms with Gasteiger partial charge in [-0.15, -0.1) is 24.3 Å². The molecule has 9 heteroatoms. The first-order valence-electron chi connectivity index (χ1n) is 8.31.